The molecule has 0 aromatic heterocycles. The van der Waals surface area contributed by atoms with E-state index >= 15 is 0 Å². The first-order valence-corrected chi connectivity index (χ1v) is 6.46. The van der Waals surface area contributed by atoms with Crippen molar-refractivity contribution in [1.29, 1.82) is 0 Å². The molecule has 3 rings (SSSR count). The lowest BCUT2D eigenvalue weighted by Crippen LogP contribution is -1.97. The van der Waals surface area contributed by atoms with Gasteiger partial charge in [-0.1, -0.05) is 18.2 Å². The van der Waals surface area contributed by atoms with Gasteiger partial charge in [-0.3, -0.25) is 4.79 Å². The molecule has 2 aromatic carbocycles. The molecule has 0 bridgehead atoms. The molecular formula is C15H9BrO3. The van der Waals surface area contributed by atoms with Crippen LogP contribution in [-0.2, 0) is 0 Å². The van der Waals surface area contributed by atoms with Crippen LogP contribution in [0.1, 0.15) is 15.9 Å². The van der Waals surface area contributed by atoms with Gasteiger partial charge in [0, 0.05) is 0 Å². The number of allylic oxidation sites excluding steroid dienone is 1. The zero-order valence-corrected chi connectivity index (χ0v) is 11.3. The second-order valence-electron chi connectivity index (χ2n) is 4.15. The Morgan fingerprint density at radius 2 is 1.95 bits per heavy atom. The summed E-state index contributed by atoms with van der Waals surface area (Å²) < 4.78 is 6.10. The number of carbonyl (C=O) groups is 1. The van der Waals surface area contributed by atoms with Crippen LogP contribution in [0.4, 0.5) is 0 Å². The summed E-state index contributed by atoms with van der Waals surface area (Å²) in [6.07, 6.45) is 1.66. The maximum Gasteiger partial charge on any atom is 0.231 e. The maximum atomic E-state index is 12.1. The van der Waals surface area contributed by atoms with Gasteiger partial charge < -0.3 is 9.84 Å². The lowest BCUT2D eigenvalue weighted by molar-refractivity contribution is 0.101. The van der Waals surface area contributed by atoms with E-state index < -0.39 is 0 Å². The fourth-order valence-corrected chi connectivity index (χ4v) is 2.30. The zero-order valence-electron chi connectivity index (χ0n) is 9.76. The van der Waals surface area contributed by atoms with Gasteiger partial charge in [0.15, 0.2) is 5.76 Å². The van der Waals surface area contributed by atoms with Crippen molar-refractivity contribution in [1.82, 2.24) is 0 Å². The van der Waals surface area contributed by atoms with Crippen LogP contribution in [-0.4, -0.2) is 10.9 Å². The number of ketones is 1. The molecule has 0 amide bonds. The van der Waals surface area contributed by atoms with Crippen LogP contribution >= 0.6 is 15.9 Å². The van der Waals surface area contributed by atoms with Gasteiger partial charge in [0.25, 0.3) is 0 Å². The fourth-order valence-electron chi connectivity index (χ4n) is 1.90. The van der Waals surface area contributed by atoms with Crippen molar-refractivity contribution < 1.29 is 14.6 Å². The van der Waals surface area contributed by atoms with E-state index in [0.717, 1.165) is 5.56 Å². The van der Waals surface area contributed by atoms with Gasteiger partial charge in [0.05, 0.1) is 10.0 Å². The van der Waals surface area contributed by atoms with Crippen molar-refractivity contribution in [3.05, 3.63) is 63.8 Å². The average Bonchev–Trinajstić information content (AvgIpc) is 2.72. The van der Waals surface area contributed by atoms with Crippen LogP contribution in [0.3, 0.4) is 0 Å². The second-order valence-corrected chi connectivity index (χ2v) is 5.00. The molecule has 0 saturated heterocycles. The Hall–Kier alpha value is -2.07. The minimum Gasteiger partial charge on any atom is -0.507 e. The normalized spacial score (nSPS) is 15.4. The van der Waals surface area contributed by atoms with Crippen LogP contribution < -0.4 is 4.74 Å². The molecular weight excluding hydrogens is 308 g/mol. The van der Waals surface area contributed by atoms with Gasteiger partial charge in [-0.15, -0.1) is 0 Å². The topological polar surface area (TPSA) is 46.5 Å². The number of phenolic OH excluding ortho intramolecular Hbond substituents is 1. The number of halogens is 1. The minimum absolute atomic E-state index is 0.125. The standard InChI is InChI=1S/C15H9BrO3/c16-11-7-9(5-6-12(11)17)8-14-15(18)10-3-1-2-4-13(10)19-14/h1-8,17H. The van der Waals surface area contributed by atoms with Crippen molar-refractivity contribution >= 4 is 27.8 Å². The van der Waals surface area contributed by atoms with Crippen molar-refractivity contribution in [2.45, 2.75) is 0 Å². The summed E-state index contributed by atoms with van der Waals surface area (Å²) in [4.78, 5) is 12.1. The molecule has 0 saturated carbocycles. The number of carbonyl (C=O) groups excluding carboxylic acids is 1. The number of ether oxygens (including phenoxy) is 1. The number of hydrogen-bond acceptors (Lipinski definition) is 3. The highest BCUT2D eigenvalue weighted by Gasteiger charge is 2.26. The molecule has 19 heavy (non-hydrogen) atoms. The molecule has 0 unspecified atom stereocenters. The van der Waals surface area contributed by atoms with Crippen molar-refractivity contribution in [2.75, 3.05) is 0 Å². The molecule has 0 radical (unpaired) electrons. The van der Waals surface area contributed by atoms with Gasteiger partial charge in [0.1, 0.15) is 11.5 Å². The molecule has 3 nitrogen and oxygen atoms in total. The first kappa shape index (κ1) is 12.0. The van der Waals surface area contributed by atoms with E-state index in [1.165, 1.54) is 0 Å². The highest BCUT2D eigenvalue weighted by atomic mass is 79.9. The molecule has 2 aromatic rings. The highest BCUT2D eigenvalue weighted by Crippen LogP contribution is 2.32. The molecule has 0 spiro atoms. The molecule has 1 heterocycles. The largest absolute Gasteiger partial charge is 0.507 e. The molecule has 1 aliphatic rings. The smallest absolute Gasteiger partial charge is 0.231 e. The predicted octanol–water partition coefficient (Wildman–Crippen LogP) is 3.77. The molecule has 0 fully saturated rings. The number of fused-ring (bicyclic) bond motifs is 1. The predicted molar refractivity (Wildman–Crippen MR) is 75.2 cm³/mol. The third-order valence-corrected chi connectivity index (χ3v) is 3.48. The molecule has 1 N–H and O–H groups in total. The zero-order chi connectivity index (χ0) is 13.4. The van der Waals surface area contributed by atoms with Crippen LogP contribution in [0.5, 0.6) is 11.5 Å². The fraction of sp³-hybridized carbons (Fsp3) is 0. The summed E-state index contributed by atoms with van der Waals surface area (Å²) >= 11 is 3.23. The van der Waals surface area contributed by atoms with Gasteiger partial charge >= 0.3 is 0 Å². The van der Waals surface area contributed by atoms with E-state index in [-0.39, 0.29) is 11.5 Å². The molecule has 0 atom stereocenters. The van der Waals surface area contributed by atoms with E-state index in [4.69, 9.17) is 4.74 Å². The van der Waals surface area contributed by atoms with Gasteiger partial charge in [-0.05, 0) is 51.8 Å². The van der Waals surface area contributed by atoms with E-state index in [0.29, 0.717) is 21.5 Å². The third-order valence-electron chi connectivity index (χ3n) is 2.84. The Kier molecular flexibility index (Phi) is 2.87. The monoisotopic (exact) mass is 316 g/mol. The van der Waals surface area contributed by atoms with E-state index in [9.17, 15) is 9.90 Å². The van der Waals surface area contributed by atoms with Gasteiger partial charge in [-0.2, -0.15) is 0 Å². The molecule has 1 aliphatic heterocycles. The Labute approximate surface area is 118 Å². The number of Topliss-reactive ketones (excluding diaryl/α,β-unsaturated/α-hetero) is 1. The number of hydrogen-bond donors (Lipinski definition) is 1. The van der Waals surface area contributed by atoms with Crippen molar-refractivity contribution in [3.63, 3.8) is 0 Å². The Bertz CT molecular complexity index is 704. The first-order chi connectivity index (χ1) is 9.15. The Morgan fingerprint density at radius 3 is 2.68 bits per heavy atom. The average molecular weight is 317 g/mol. The van der Waals surface area contributed by atoms with Crippen LogP contribution in [0.2, 0.25) is 0 Å². The Balaban J connectivity index is 1.98. The van der Waals surface area contributed by atoms with E-state index in [1.807, 2.05) is 6.07 Å². The number of phenols is 1. The van der Waals surface area contributed by atoms with Gasteiger partial charge in [-0.25, -0.2) is 0 Å². The van der Waals surface area contributed by atoms with Crippen molar-refractivity contribution in [2.24, 2.45) is 0 Å². The van der Waals surface area contributed by atoms with E-state index in [2.05, 4.69) is 15.9 Å². The molecule has 0 aliphatic carbocycles. The number of aromatic hydroxyl groups is 1. The number of para-hydroxylation sites is 1. The molecule has 4 heteroatoms. The number of rotatable bonds is 1. The van der Waals surface area contributed by atoms with Gasteiger partial charge in [0.2, 0.25) is 5.78 Å². The van der Waals surface area contributed by atoms with Crippen molar-refractivity contribution in [3.8, 4) is 11.5 Å². The Morgan fingerprint density at radius 1 is 1.16 bits per heavy atom. The van der Waals surface area contributed by atoms with Crippen LogP contribution in [0, 0.1) is 0 Å². The van der Waals surface area contributed by atoms with Crippen LogP contribution in [0.25, 0.3) is 6.08 Å². The maximum absolute atomic E-state index is 12.1. The summed E-state index contributed by atoms with van der Waals surface area (Å²) in [5.74, 6) is 0.902. The summed E-state index contributed by atoms with van der Waals surface area (Å²) in [7, 11) is 0. The SMILES string of the molecule is O=C1C(=Cc2ccc(O)c(Br)c2)Oc2ccccc21. The molecule has 94 valence electrons. The lowest BCUT2D eigenvalue weighted by Gasteiger charge is -2.00. The summed E-state index contributed by atoms with van der Waals surface area (Å²) in [5.41, 5.74) is 1.35. The summed E-state index contributed by atoms with van der Waals surface area (Å²) in [5, 5.41) is 9.43. The summed E-state index contributed by atoms with van der Waals surface area (Å²) in [6, 6.07) is 12.1. The second kappa shape index (κ2) is 4.55. The number of benzene rings is 2. The first-order valence-electron chi connectivity index (χ1n) is 5.67. The quantitative estimate of drug-likeness (QED) is 0.815. The van der Waals surface area contributed by atoms with Crippen LogP contribution in [0.15, 0.2) is 52.7 Å². The van der Waals surface area contributed by atoms with E-state index in [1.54, 1.807) is 42.5 Å². The minimum atomic E-state index is -0.125. The summed E-state index contributed by atoms with van der Waals surface area (Å²) in [6.45, 7) is 0. The lowest BCUT2D eigenvalue weighted by atomic mass is 10.1. The third kappa shape index (κ3) is 2.15. The highest BCUT2D eigenvalue weighted by molar-refractivity contribution is 9.10.